The third-order valence-corrected chi connectivity index (χ3v) is 3.05. The van der Waals surface area contributed by atoms with E-state index in [1.165, 1.54) is 5.56 Å². The van der Waals surface area contributed by atoms with Crippen LogP contribution in [0.1, 0.15) is 18.9 Å². The molecule has 1 N–H and O–H groups in total. The molecule has 0 atom stereocenters. The summed E-state index contributed by atoms with van der Waals surface area (Å²) in [6, 6.07) is 4.08. The molecule has 0 aliphatic heterocycles. The maximum absolute atomic E-state index is 5.35. The van der Waals surface area contributed by atoms with Crippen LogP contribution in [0.3, 0.4) is 0 Å². The summed E-state index contributed by atoms with van der Waals surface area (Å²) in [4.78, 5) is 8.36. The second kappa shape index (κ2) is 8.32. The van der Waals surface area contributed by atoms with Crippen molar-refractivity contribution in [1.29, 1.82) is 0 Å². The van der Waals surface area contributed by atoms with Crippen molar-refractivity contribution < 1.29 is 4.74 Å². The zero-order valence-electron chi connectivity index (χ0n) is 12.0. The molecule has 2 rings (SSSR count). The molecule has 0 amide bonds. The Hall–Kier alpha value is -1.88. The Morgan fingerprint density at radius 1 is 1.25 bits per heavy atom. The number of rotatable bonds is 9. The first-order valence-corrected chi connectivity index (χ1v) is 7.12. The molecule has 2 heterocycles. The molecular formula is C15H22N4O. The van der Waals surface area contributed by atoms with Gasteiger partial charge >= 0.3 is 0 Å². The van der Waals surface area contributed by atoms with E-state index in [0.717, 1.165) is 45.1 Å². The van der Waals surface area contributed by atoms with Crippen LogP contribution in [0.5, 0.6) is 0 Å². The quantitative estimate of drug-likeness (QED) is 0.713. The highest BCUT2D eigenvalue weighted by Crippen LogP contribution is 2.06. The van der Waals surface area contributed by atoms with Crippen molar-refractivity contribution in [3.63, 3.8) is 0 Å². The van der Waals surface area contributed by atoms with Crippen LogP contribution in [0.4, 0.5) is 5.95 Å². The molecule has 5 nitrogen and oxygen atoms in total. The Labute approximate surface area is 120 Å². The summed E-state index contributed by atoms with van der Waals surface area (Å²) in [6.07, 6.45) is 9.45. The molecule has 0 spiro atoms. The summed E-state index contributed by atoms with van der Waals surface area (Å²) in [6.45, 7) is 5.39. The van der Waals surface area contributed by atoms with E-state index in [1.807, 2.05) is 43.8 Å². The fourth-order valence-corrected chi connectivity index (χ4v) is 2.01. The molecule has 0 radical (unpaired) electrons. The Kier molecular flexibility index (Phi) is 6.05. The highest BCUT2D eigenvalue weighted by Gasteiger charge is 2.01. The van der Waals surface area contributed by atoms with Crippen molar-refractivity contribution in [3.05, 3.63) is 42.5 Å². The number of aryl methyl sites for hydroxylation is 1. The SMILES string of the molecule is CCOCCCn1ccnc1NCCc1ccncc1. The Morgan fingerprint density at radius 2 is 2.10 bits per heavy atom. The monoisotopic (exact) mass is 274 g/mol. The number of anilines is 1. The second-order valence-electron chi connectivity index (χ2n) is 4.53. The van der Waals surface area contributed by atoms with E-state index in [4.69, 9.17) is 4.74 Å². The second-order valence-corrected chi connectivity index (χ2v) is 4.53. The predicted molar refractivity (Wildman–Crippen MR) is 79.8 cm³/mol. The molecule has 5 heteroatoms. The van der Waals surface area contributed by atoms with Crippen LogP contribution in [-0.4, -0.2) is 34.3 Å². The van der Waals surface area contributed by atoms with Crippen molar-refractivity contribution in [1.82, 2.24) is 14.5 Å². The number of ether oxygens (including phenoxy) is 1. The van der Waals surface area contributed by atoms with E-state index in [9.17, 15) is 0 Å². The van der Waals surface area contributed by atoms with Gasteiger partial charge in [-0.25, -0.2) is 4.98 Å². The van der Waals surface area contributed by atoms with Crippen LogP contribution in [-0.2, 0) is 17.7 Å². The number of hydrogen-bond donors (Lipinski definition) is 1. The summed E-state index contributed by atoms with van der Waals surface area (Å²) in [5.74, 6) is 0.926. The van der Waals surface area contributed by atoms with Gasteiger partial charge in [0.1, 0.15) is 0 Å². The lowest BCUT2D eigenvalue weighted by Crippen LogP contribution is -2.11. The minimum atomic E-state index is 0.779. The minimum absolute atomic E-state index is 0.779. The van der Waals surface area contributed by atoms with Crippen molar-refractivity contribution >= 4 is 5.95 Å². The molecular weight excluding hydrogens is 252 g/mol. The van der Waals surface area contributed by atoms with Crippen molar-refractivity contribution in [2.75, 3.05) is 25.1 Å². The van der Waals surface area contributed by atoms with Crippen LogP contribution in [0.15, 0.2) is 36.9 Å². The third kappa shape index (κ3) is 4.66. The third-order valence-electron chi connectivity index (χ3n) is 3.05. The first kappa shape index (κ1) is 14.5. The number of hydrogen-bond acceptors (Lipinski definition) is 4. The maximum atomic E-state index is 5.35. The van der Waals surface area contributed by atoms with Gasteiger partial charge in [-0.2, -0.15) is 0 Å². The van der Waals surface area contributed by atoms with Crippen LogP contribution in [0.2, 0.25) is 0 Å². The summed E-state index contributed by atoms with van der Waals surface area (Å²) < 4.78 is 7.48. The molecule has 0 aliphatic rings. The minimum Gasteiger partial charge on any atom is -0.382 e. The van der Waals surface area contributed by atoms with Crippen molar-refractivity contribution in [3.8, 4) is 0 Å². The molecule has 2 aromatic heterocycles. The summed E-state index contributed by atoms with van der Waals surface area (Å²) >= 11 is 0. The zero-order chi connectivity index (χ0) is 14.0. The van der Waals surface area contributed by atoms with Gasteiger partial charge in [0.15, 0.2) is 0 Å². The standard InChI is InChI=1S/C15H22N4O/c1-2-20-13-3-11-19-12-10-18-15(19)17-9-6-14-4-7-16-8-5-14/h4-5,7-8,10,12H,2-3,6,9,11,13H2,1H3,(H,17,18). The lowest BCUT2D eigenvalue weighted by molar-refractivity contribution is 0.142. The average Bonchev–Trinajstić information content (AvgIpc) is 2.92. The predicted octanol–water partition coefficient (Wildman–Crippen LogP) is 2.36. The number of aromatic nitrogens is 3. The molecule has 0 bridgehead atoms. The lowest BCUT2D eigenvalue weighted by atomic mass is 10.2. The fourth-order valence-electron chi connectivity index (χ4n) is 2.01. The van der Waals surface area contributed by atoms with Gasteiger partial charge in [0, 0.05) is 51.1 Å². The van der Waals surface area contributed by atoms with E-state index in [1.54, 1.807) is 0 Å². The van der Waals surface area contributed by atoms with Gasteiger partial charge < -0.3 is 14.6 Å². The summed E-state index contributed by atoms with van der Waals surface area (Å²) in [5.41, 5.74) is 1.28. The molecule has 0 unspecified atom stereocenters. The maximum Gasteiger partial charge on any atom is 0.202 e. The van der Waals surface area contributed by atoms with Gasteiger partial charge in [0.05, 0.1) is 0 Å². The number of nitrogens with zero attached hydrogens (tertiary/aromatic N) is 3. The van der Waals surface area contributed by atoms with E-state index >= 15 is 0 Å². The van der Waals surface area contributed by atoms with Crippen LogP contribution in [0.25, 0.3) is 0 Å². The number of imidazole rings is 1. The van der Waals surface area contributed by atoms with Gasteiger partial charge in [-0.3, -0.25) is 4.98 Å². The molecule has 0 aromatic carbocycles. The van der Waals surface area contributed by atoms with Gasteiger partial charge in [-0.05, 0) is 37.5 Å². The summed E-state index contributed by atoms with van der Waals surface area (Å²) in [7, 11) is 0. The van der Waals surface area contributed by atoms with Crippen molar-refractivity contribution in [2.24, 2.45) is 0 Å². The topological polar surface area (TPSA) is 52.0 Å². The van der Waals surface area contributed by atoms with E-state index in [-0.39, 0.29) is 0 Å². The Morgan fingerprint density at radius 3 is 2.90 bits per heavy atom. The number of pyridine rings is 1. The summed E-state index contributed by atoms with van der Waals surface area (Å²) in [5, 5.41) is 3.37. The van der Waals surface area contributed by atoms with Gasteiger partial charge in [-0.1, -0.05) is 0 Å². The van der Waals surface area contributed by atoms with Crippen LogP contribution < -0.4 is 5.32 Å². The Bertz CT molecular complexity index is 484. The van der Waals surface area contributed by atoms with Gasteiger partial charge in [-0.15, -0.1) is 0 Å². The molecule has 20 heavy (non-hydrogen) atoms. The lowest BCUT2D eigenvalue weighted by Gasteiger charge is -2.09. The molecule has 0 fully saturated rings. The largest absolute Gasteiger partial charge is 0.382 e. The molecule has 108 valence electrons. The molecule has 0 aliphatic carbocycles. The van der Waals surface area contributed by atoms with Crippen LogP contribution >= 0.6 is 0 Å². The van der Waals surface area contributed by atoms with E-state index in [2.05, 4.69) is 19.9 Å². The zero-order valence-corrected chi connectivity index (χ0v) is 12.0. The highest BCUT2D eigenvalue weighted by atomic mass is 16.5. The van der Waals surface area contributed by atoms with Crippen LogP contribution in [0, 0.1) is 0 Å². The Balaban J connectivity index is 1.74. The highest BCUT2D eigenvalue weighted by molar-refractivity contribution is 5.26. The first-order valence-electron chi connectivity index (χ1n) is 7.12. The fraction of sp³-hybridized carbons (Fsp3) is 0.467. The average molecular weight is 274 g/mol. The molecule has 0 saturated heterocycles. The van der Waals surface area contributed by atoms with Crippen molar-refractivity contribution in [2.45, 2.75) is 26.3 Å². The van der Waals surface area contributed by atoms with E-state index in [0.29, 0.717) is 0 Å². The number of nitrogens with one attached hydrogen (secondary N) is 1. The smallest absolute Gasteiger partial charge is 0.202 e. The van der Waals surface area contributed by atoms with Gasteiger partial charge in [0.2, 0.25) is 5.95 Å². The van der Waals surface area contributed by atoms with E-state index < -0.39 is 0 Å². The molecule has 0 saturated carbocycles. The van der Waals surface area contributed by atoms with Gasteiger partial charge in [0.25, 0.3) is 0 Å². The normalized spacial score (nSPS) is 10.7. The molecule has 2 aromatic rings. The first-order chi connectivity index (χ1) is 9.90.